The lowest BCUT2D eigenvalue weighted by molar-refractivity contribution is -0.124. The Labute approximate surface area is 202 Å². The highest BCUT2D eigenvalue weighted by Crippen LogP contribution is 2.28. The van der Waals surface area contributed by atoms with Crippen LogP contribution in [0.1, 0.15) is 30.1 Å². The van der Waals surface area contributed by atoms with Crippen molar-refractivity contribution in [3.05, 3.63) is 59.9 Å². The lowest BCUT2D eigenvalue weighted by Gasteiger charge is -2.23. The molecule has 1 heterocycles. The molecule has 1 atom stereocenters. The summed E-state index contributed by atoms with van der Waals surface area (Å²) in [4.78, 5) is 40.9. The highest BCUT2D eigenvalue weighted by Gasteiger charge is 2.43. The van der Waals surface area contributed by atoms with Gasteiger partial charge in [-0.1, -0.05) is 0 Å². The fraction of sp³-hybridized carbons (Fsp3) is 0.333. The number of anilines is 2. The standard InChI is InChI=1S/C24H26FN3O5S/c1-3-33-23(31)16-5-9-18(10-6-16)26-21(29)15-20-22(30)28(19-11-7-17(25)8-12-19)24(34)27(20)13-4-14-32-2/h5-12,20H,3-4,13-15H2,1-2H3,(H,26,29)/t20-/m1/s1. The van der Waals surface area contributed by atoms with Gasteiger partial charge in [0.2, 0.25) is 5.91 Å². The number of methoxy groups -OCH3 is 1. The molecular formula is C24H26FN3O5S. The van der Waals surface area contributed by atoms with Crippen LogP contribution >= 0.6 is 12.2 Å². The number of rotatable bonds is 10. The van der Waals surface area contributed by atoms with Crippen molar-refractivity contribution in [3.63, 3.8) is 0 Å². The van der Waals surface area contributed by atoms with Gasteiger partial charge in [-0.15, -0.1) is 0 Å². The first-order chi connectivity index (χ1) is 16.3. The largest absolute Gasteiger partial charge is 0.462 e. The van der Waals surface area contributed by atoms with Gasteiger partial charge in [0.15, 0.2) is 5.11 Å². The second-order valence-corrected chi connectivity index (χ2v) is 7.90. The van der Waals surface area contributed by atoms with Gasteiger partial charge >= 0.3 is 5.97 Å². The second kappa shape index (κ2) is 11.7. The van der Waals surface area contributed by atoms with Crippen molar-refractivity contribution in [2.45, 2.75) is 25.8 Å². The topological polar surface area (TPSA) is 88.2 Å². The number of carbonyl (C=O) groups is 3. The summed E-state index contributed by atoms with van der Waals surface area (Å²) < 4.78 is 23.4. The van der Waals surface area contributed by atoms with Crippen molar-refractivity contribution in [2.24, 2.45) is 0 Å². The van der Waals surface area contributed by atoms with Crippen molar-refractivity contribution < 1.29 is 28.2 Å². The van der Waals surface area contributed by atoms with Crippen LogP contribution in [0.25, 0.3) is 0 Å². The Morgan fingerprint density at radius 1 is 1.12 bits per heavy atom. The summed E-state index contributed by atoms with van der Waals surface area (Å²) in [5, 5.41) is 3.00. The highest BCUT2D eigenvalue weighted by molar-refractivity contribution is 7.80. The predicted molar refractivity (Wildman–Crippen MR) is 129 cm³/mol. The number of halogens is 1. The fourth-order valence-electron chi connectivity index (χ4n) is 3.59. The number of amides is 2. The maximum absolute atomic E-state index is 13.4. The Kier molecular flexibility index (Phi) is 8.67. The van der Waals surface area contributed by atoms with E-state index in [1.54, 1.807) is 43.2 Å². The van der Waals surface area contributed by atoms with Crippen LogP contribution < -0.4 is 10.2 Å². The molecule has 1 aliphatic rings. The first-order valence-corrected chi connectivity index (χ1v) is 11.2. The molecule has 8 nitrogen and oxygen atoms in total. The third-order valence-electron chi connectivity index (χ3n) is 5.21. The summed E-state index contributed by atoms with van der Waals surface area (Å²) in [7, 11) is 1.58. The Balaban J connectivity index is 1.73. The molecule has 0 spiro atoms. The van der Waals surface area contributed by atoms with Crippen molar-refractivity contribution >= 4 is 46.5 Å². The molecule has 1 fully saturated rings. The van der Waals surface area contributed by atoms with Crippen LogP contribution in [-0.2, 0) is 19.1 Å². The van der Waals surface area contributed by atoms with E-state index in [1.165, 1.54) is 29.2 Å². The number of benzene rings is 2. The van der Waals surface area contributed by atoms with Gasteiger partial charge in [-0.05, 0) is 74.1 Å². The first kappa shape index (κ1) is 25.3. The summed E-state index contributed by atoms with van der Waals surface area (Å²) in [6.45, 7) is 2.88. The SMILES string of the molecule is CCOC(=O)c1ccc(NC(=O)C[C@@H]2C(=O)N(c3ccc(F)cc3)C(=S)N2CCCOC)cc1. The van der Waals surface area contributed by atoms with Crippen LogP contribution in [0, 0.1) is 5.82 Å². The summed E-state index contributed by atoms with van der Waals surface area (Å²) >= 11 is 5.54. The minimum atomic E-state index is -0.812. The zero-order valence-electron chi connectivity index (χ0n) is 19.0. The maximum Gasteiger partial charge on any atom is 0.338 e. The molecule has 2 aromatic carbocycles. The van der Waals surface area contributed by atoms with Crippen LogP contribution in [0.3, 0.4) is 0 Å². The van der Waals surface area contributed by atoms with Crippen molar-refractivity contribution in [1.82, 2.24) is 4.90 Å². The molecule has 0 aliphatic carbocycles. The smallest absolute Gasteiger partial charge is 0.338 e. The minimum Gasteiger partial charge on any atom is -0.462 e. The molecule has 0 saturated carbocycles. The van der Waals surface area contributed by atoms with E-state index < -0.39 is 17.8 Å². The van der Waals surface area contributed by atoms with Crippen LogP contribution in [0.2, 0.25) is 0 Å². The number of hydrogen-bond acceptors (Lipinski definition) is 6. The van der Waals surface area contributed by atoms with E-state index in [0.717, 1.165) is 0 Å². The molecule has 2 aromatic rings. The Morgan fingerprint density at radius 3 is 2.41 bits per heavy atom. The van der Waals surface area contributed by atoms with Gasteiger partial charge in [0.05, 0.1) is 24.3 Å². The van der Waals surface area contributed by atoms with Crippen LogP contribution in [0.15, 0.2) is 48.5 Å². The fourth-order valence-corrected chi connectivity index (χ4v) is 4.00. The van der Waals surface area contributed by atoms with Crippen molar-refractivity contribution in [3.8, 4) is 0 Å². The van der Waals surface area contributed by atoms with Gasteiger partial charge in [-0.2, -0.15) is 0 Å². The summed E-state index contributed by atoms with van der Waals surface area (Å²) in [6, 6.07) is 10.9. The minimum absolute atomic E-state index is 0.136. The summed E-state index contributed by atoms with van der Waals surface area (Å²) in [6.07, 6.45) is 0.470. The molecule has 0 radical (unpaired) electrons. The third-order valence-corrected chi connectivity index (χ3v) is 5.63. The summed E-state index contributed by atoms with van der Waals surface area (Å²) in [5.41, 5.74) is 1.29. The quantitative estimate of drug-likeness (QED) is 0.312. The Morgan fingerprint density at radius 2 is 1.79 bits per heavy atom. The van der Waals surface area contributed by atoms with E-state index in [0.29, 0.717) is 36.5 Å². The van der Waals surface area contributed by atoms with E-state index in [9.17, 15) is 18.8 Å². The predicted octanol–water partition coefficient (Wildman–Crippen LogP) is 3.37. The molecule has 180 valence electrons. The zero-order valence-corrected chi connectivity index (χ0v) is 19.8. The number of nitrogens with zero attached hydrogens (tertiary/aromatic N) is 2. The lowest BCUT2D eigenvalue weighted by Crippen LogP contribution is -2.38. The van der Waals surface area contributed by atoms with E-state index in [1.807, 2.05) is 0 Å². The molecule has 1 N–H and O–H groups in total. The van der Waals surface area contributed by atoms with Gasteiger partial charge in [0, 0.05) is 25.9 Å². The number of thiocarbonyl (C=S) groups is 1. The number of ether oxygens (including phenoxy) is 2. The normalized spacial score (nSPS) is 15.6. The van der Waals surface area contributed by atoms with Gasteiger partial charge in [-0.3, -0.25) is 14.5 Å². The maximum atomic E-state index is 13.4. The molecule has 0 aromatic heterocycles. The molecule has 2 amide bonds. The first-order valence-electron chi connectivity index (χ1n) is 10.8. The molecule has 1 aliphatic heterocycles. The van der Waals surface area contributed by atoms with E-state index in [-0.39, 0.29) is 30.0 Å². The van der Waals surface area contributed by atoms with Crippen molar-refractivity contribution in [1.29, 1.82) is 0 Å². The molecule has 0 bridgehead atoms. The van der Waals surface area contributed by atoms with E-state index >= 15 is 0 Å². The van der Waals surface area contributed by atoms with Gasteiger partial charge in [0.25, 0.3) is 5.91 Å². The second-order valence-electron chi connectivity index (χ2n) is 7.54. The lowest BCUT2D eigenvalue weighted by atomic mass is 10.1. The third kappa shape index (κ3) is 5.95. The van der Waals surface area contributed by atoms with E-state index in [4.69, 9.17) is 21.7 Å². The van der Waals surface area contributed by atoms with Gasteiger partial charge in [-0.25, -0.2) is 9.18 Å². The highest BCUT2D eigenvalue weighted by atomic mass is 32.1. The Hall–Kier alpha value is -3.37. The molecular weight excluding hydrogens is 461 g/mol. The molecule has 0 unspecified atom stereocenters. The van der Waals surface area contributed by atoms with Crippen LogP contribution in [-0.4, -0.2) is 60.7 Å². The van der Waals surface area contributed by atoms with Crippen LogP contribution in [0.4, 0.5) is 15.8 Å². The van der Waals surface area contributed by atoms with Crippen molar-refractivity contribution in [2.75, 3.05) is 37.1 Å². The average molecular weight is 488 g/mol. The number of nitrogens with one attached hydrogen (secondary N) is 1. The molecule has 34 heavy (non-hydrogen) atoms. The molecule has 1 saturated heterocycles. The van der Waals surface area contributed by atoms with Gasteiger partial charge < -0.3 is 19.7 Å². The molecule has 3 rings (SSSR count). The zero-order chi connectivity index (χ0) is 24.7. The molecule has 10 heteroatoms. The monoisotopic (exact) mass is 487 g/mol. The number of hydrogen-bond donors (Lipinski definition) is 1. The number of carbonyl (C=O) groups excluding carboxylic acids is 3. The Bertz CT molecular complexity index is 1050. The average Bonchev–Trinajstić information content (AvgIpc) is 3.04. The van der Waals surface area contributed by atoms with E-state index in [2.05, 4.69) is 5.32 Å². The summed E-state index contributed by atoms with van der Waals surface area (Å²) in [5.74, 6) is -1.62. The van der Waals surface area contributed by atoms with Crippen LogP contribution in [0.5, 0.6) is 0 Å². The van der Waals surface area contributed by atoms with Gasteiger partial charge in [0.1, 0.15) is 11.9 Å². The number of esters is 1.